The molecular weight excluding hydrogens is 471 g/mol. The average molecular weight is 505 g/mol. The number of nitrogens with one attached hydrogen (secondary N) is 1. The Morgan fingerprint density at radius 2 is 1.84 bits per heavy atom. The number of ether oxygens (including phenoxy) is 3. The Balaban J connectivity index is 1.37. The maximum atomic E-state index is 13.6. The van der Waals surface area contributed by atoms with E-state index in [-0.39, 0.29) is 23.7 Å². The van der Waals surface area contributed by atoms with Gasteiger partial charge in [-0.3, -0.25) is 4.79 Å². The van der Waals surface area contributed by atoms with Crippen LogP contribution in [0, 0.1) is 18.7 Å². The molecule has 194 valence electrons. The van der Waals surface area contributed by atoms with Crippen LogP contribution < -0.4 is 19.5 Å². The van der Waals surface area contributed by atoms with Crippen molar-refractivity contribution in [3.05, 3.63) is 71.2 Å². The summed E-state index contributed by atoms with van der Waals surface area (Å²) >= 11 is 0. The molecule has 2 aromatic carbocycles. The number of hydrogen-bond acceptors (Lipinski definition) is 5. The monoisotopic (exact) mass is 504 g/mol. The van der Waals surface area contributed by atoms with E-state index in [4.69, 9.17) is 19.2 Å². The predicted molar refractivity (Wildman–Crippen MR) is 140 cm³/mol. The summed E-state index contributed by atoms with van der Waals surface area (Å²) in [5.74, 6) is 2.00. The van der Waals surface area contributed by atoms with Gasteiger partial charge in [0, 0.05) is 29.3 Å². The number of halogens is 1. The molecule has 2 aliphatic rings. The van der Waals surface area contributed by atoms with Crippen molar-refractivity contribution >= 4 is 5.91 Å². The van der Waals surface area contributed by atoms with Gasteiger partial charge in [-0.1, -0.05) is 0 Å². The second-order valence-electron chi connectivity index (χ2n) is 9.82. The van der Waals surface area contributed by atoms with Crippen molar-refractivity contribution in [2.75, 3.05) is 20.3 Å². The quantitative estimate of drug-likeness (QED) is 0.343. The molecular formula is C30H33FN2O4. The molecule has 1 unspecified atom stereocenters. The molecule has 2 fully saturated rings. The molecule has 1 N–H and O–H groups in total. The molecule has 5 rings (SSSR count). The predicted octanol–water partition coefficient (Wildman–Crippen LogP) is 6.07. The molecule has 1 amide bonds. The van der Waals surface area contributed by atoms with Crippen LogP contribution in [0.2, 0.25) is 0 Å². The summed E-state index contributed by atoms with van der Waals surface area (Å²) in [6.45, 7) is 4.91. The van der Waals surface area contributed by atoms with Gasteiger partial charge < -0.3 is 19.5 Å². The van der Waals surface area contributed by atoms with E-state index in [0.717, 1.165) is 42.5 Å². The molecule has 0 saturated heterocycles. The lowest BCUT2D eigenvalue weighted by Crippen LogP contribution is -2.29. The minimum atomic E-state index is -0.295. The average Bonchev–Trinajstić information content (AvgIpc) is 3.82. The van der Waals surface area contributed by atoms with Crippen LogP contribution in [0.25, 0.3) is 11.3 Å². The molecule has 2 aliphatic carbocycles. The number of rotatable bonds is 11. The second-order valence-corrected chi connectivity index (χ2v) is 9.82. The van der Waals surface area contributed by atoms with Crippen molar-refractivity contribution < 1.29 is 23.4 Å². The number of pyridine rings is 1. The number of hydrogen-bond donors (Lipinski definition) is 1. The molecule has 1 aromatic heterocycles. The molecule has 1 heterocycles. The zero-order valence-corrected chi connectivity index (χ0v) is 21.6. The smallest absolute Gasteiger partial charge is 0.251 e. The van der Waals surface area contributed by atoms with Crippen LogP contribution in [-0.2, 0) is 0 Å². The first-order chi connectivity index (χ1) is 18.0. The van der Waals surface area contributed by atoms with Crippen molar-refractivity contribution in [2.45, 2.75) is 51.6 Å². The highest BCUT2D eigenvalue weighted by atomic mass is 19.1. The molecule has 0 spiro atoms. The van der Waals surface area contributed by atoms with E-state index in [9.17, 15) is 9.18 Å². The van der Waals surface area contributed by atoms with Gasteiger partial charge in [0.25, 0.3) is 5.91 Å². The van der Waals surface area contributed by atoms with Crippen LogP contribution >= 0.6 is 0 Å². The first-order valence-corrected chi connectivity index (χ1v) is 13.0. The Morgan fingerprint density at radius 3 is 2.49 bits per heavy atom. The van der Waals surface area contributed by atoms with Gasteiger partial charge >= 0.3 is 0 Å². The molecule has 0 bridgehead atoms. The minimum Gasteiger partial charge on any atom is -0.493 e. The lowest BCUT2D eigenvalue weighted by Gasteiger charge is -2.21. The number of aryl methyl sites for hydroxylation is 1. The minimum absolute atomic E-state index is 0.0666. The molecule has 37 heavy (non-hydrogen) atoms. The highest BCUT2D eigenvalue weighted by Crippen LogP contribution is 2.44. The van der Waals surface area contributed by atoms with Crippen molar-refractivity contribution in [1.29, 1.82) is 0 Å². The largest absolute Gasteiger partial charge is 0.493 e. The molecule has 2 saturated carbocycles. The zero-order chi connectivity index (χ0) is 25.9. The van der Waals surface area contributed by atoms with Crippen LogP contribution in [0.5, 0.6) is 17.2 Å². The van der Waals surface area contributed by atoms with E-state index < -0.39 is 0 Å². The number of aromatic nitrogens is 1. The van der Waals surface area contributed by atoms with Gasteiger partial charge in [0.1, 0.15) is 17.3 Å². The first kappa shape index (κ1) is 25.1. The number of carbonyl (C=O) groups excluding carboxylic acids is 1. The highest BCUT2D eigenvalue weighted by molar-refractivity contribution is 5.95. The van der Waals surface area contributed by atoms with Crippen LogP contribution in [0.4, 0.5) is 4.39 Å². The molecule has 3 aromatic rings. The standard InChI is InChI=1S/C30H33FN2O4/c1-4-36-29-18(2)15-25(33-28(29)20-7-10-22(31)11-8-20)24(19-5-6-19)17-32-30(34)21-9-14-26(27(16-21)35-3)37-23-12-13-23/h7-11,14-16,19,23-24H,4-6,12-13,17H2,1-3H3,(H,32,34). The summed E-state index contributed by atoms with van der Waals surface area (Å²) in [6.07, 6.45) is 4.55. The second kappa shape index (κ2) is 10.8. The zero-order valence-electron chi connectivity index (χ0n) is 21.6. The number of amides is 1. The van der Waals surface area contributed by atoms with E-state index >= 15 is 0 Å². The normalized spacial score (nSPS) is 15.7. The topological polar surface area (TPSA) is 69.7 Å². The van der Waals surface area contributed by atoms with Crippen molar-refractivity contribution in [3.63, 3.8) is 0 Å². The fraction of sp³-hybridized carbons (Fsp3) is 0.400. The van der Waals surface area contributed by atoms with Gasteiger partial charge in [0.05, 0.1) is 19.8 Å². The van der Waals surface area contributed by atoms with Gasteiger partial charge in [0.2, 0.25) is 0 Å². The van der Waals surface area contributed by atoms with Crippen LogP contribution in [0.15, 0.2) is 48.5 Å². The third-order valence-electron chi connectivity index (χ3n) is 6.88. The SMILES string of the molecule is CCOc1c(C)cc(C(CNC(=O)c2ccc(OC3CC3)c(OC)c2)C2CC2)nc1-c1ccc(F)cc1. The van der Waals surface area contributed by atoms with E-state index in [1.54, 1.807) is 37.4 Å². The Bertz CT molecular complexity index is 1270. The van der Waals surface area contributed by atoms with Crippen LogP contribution in [0.3, 0.4) is 0 Å². The first-order valence-electron chi connectivity index (χ1n) is 13.0. The lowest BCUT2D eigenvalue weighted by molar-refractivity contribution is 0.0949. The fourth-order valence-corrected chi connectivity index (χ4v) is 4.59. The highest BCUT2D eigenvalue weighted by Gasteiger charge is 2.34. The fourth-order valence-electron chi connectivity index (χ4n) is 4.59. The molecule has 0 radical (unpaired) electrons. The van der Waals surface area contributed by atoms with Crippen molar-refractivity contribution in [2.24, 2.45) is 5.92 Å². The summed E-state index contributed by atoms with van der Waals surface area (Å²) in [5, 5.41) is 3.11. The lowest BCUT2D eigenvalue weighted by atomic mass is 9.96. The molecule has 6 nitrogen and oxygen atoms in total. The summed E-state index contributed by atoms with van der Waals surface area (Å²) in [7, 11) is 1.58. The van der Waals surface area contributed by atoms with Gasteiger partial charge in [-0.2, -0.15) is 0 Å². The van der Waals surface area contributed by atoms with Gasteiger partial charge in [-0.15, -0.1) is 0 Å². The Labute approximate surface area is 217 Å². The van der Waals surface area contributed by atoms with Crippen molar-refractivity contribution in [3.8, 4) is 28.5 Å². The van der Waals surface area contributed by atoms with Crippen LogP contribution in [0.1, 0.15) is 60.1 Å². The summed E-state index contributed by atoms with van der Waals surface area (Å²) in [4.78, 5) is 18.1. The number of carbonyl (C=O) groups is 1. The van der Waals surface area contributed by atoms with Gasteiger partial charge in [-0.05, 0) is 99.5 Å². The summed E-state index contributed by atoms with van der Waals surface area (Å²) < 4.78 is 30.9. The molecule has 7 heteroatoms. The maximum Gasteiger partial charge on any atom is 0.251 e. The van der Waals surface area contributed by atoms with Gasteiger partial charge in [-0.25, -0.2) is 9.37 Å². The van der Waals surface area contributed by atoms with E-state index in [1.165, 1.54) is 12.1 Å². The number of benzene rings is 2. The summed E-state index contributed by atoms with van der Waals surface area (Å²) in [5.41, 5.74) is 3.91. The third-order valence-corrected chi connectivity index (χ3v) is 6.88. The van der Waals surface area contributed by atoms with E-state index in [0.29, 0.717) is 47.6 Å². The summed E-state index contributed by atoms with van der Waals surface area (Å²) in [6, 6.07) is 13.7. The molecule has 1 atom stereocenters. The Kier molecular flexibility index (Phi) is 7.31. The third kappa shape index (κ3) is 5.87. The number of nitrogens with zero attached hydrogens (tertiary/aromatic N) is 1. The Morgan fingerprint density at radius 1 is 1.08 bits per heavy atom. The van der Waals surface area contributed by atoms with E-state index in [1.807, 2.05) is 13.8 Å². The van der Waals surface area contributed by atoms with Crippen molar-refractivity contribution in [1.82, 2.24) is 10.3 Å². The van der Waals surface area contributed by atoms with Gasteiger partial charge in [0.15, 0.2) is 11.5 Å². The maximum absolute atomic E-state index is 13.6. The number of methoxy groups -OCH3 is 1. The molecule has 0 aliphatic heterocycles. The van der Waals surface area contributed by atoms with E-state index in [2.05, 4.69) is 11.4 Å². The van der Waals surface area contributed by atoms with Crippen LogP contribution in [-0.4, -0.2) is 37.3 Å². The Hall–Kier alpha value is -3.61.